The standard InChI is InChI=1S/C14H13Br2ClFNS/c1-2-19-12(13-7-9(15)14(16)20-13)6-8-3-4-10(17)11(18)5-8/h3-5,7,12,19H,2,6H2,1H3. The van der Waals surface area contributed by atoms with E-state index in [1.807, 2.05) is 6.07 Å². The monoisotopic (exact) mass is 439 g/mol. The number of halogens is 4. The van der Waals surface area contributed by atoms with Gasteiger partial charge < -0.3 is 5.32 Å². The molecule has 1 unspecified atom stereocenters. The van der Waals surface area contributed by atoms with Crippen molar-refractivity contribution in [3.05, 3.63) is 53.8 Å². The molecule has 0 amide bonds. The van der Waals surface area contributed by atoms with Crippen molar-refractivity contribution in [2.24, 2.45) is 0 Å². The van der Waals surface area contributed by atoms with E-state index in [2.05, 4.69) is 50.2 Å². The molecular formula is C14H13Br2ClFNS. The molecule has 0 saturated heterocycles. The average Bonchev–Trinajstić information content (AvgIpc) is 2.73. The van der Waals surface area contributed by atoms with Crippen LogP contribution in [0.5, 0.6) is 0 Å². The van der Waals surface area contributed by atoms with E-state index in [0.29, 0.717) is 0 Å². The van der Waals surface area contributed by atoms with Crippen LogP contribution < -0.4 is 5.32 Å². The summed E-state index contributed by atoms with van der Waals surface area (Å²) in [6.07, 6.45) is 0.724. The fourth-order valence-corrected chi connectivity index (χ4v) is 4.24. The van der Waals surface area contributed by atoms with Crippen LogP contribution in [0.1, 0.15) is 23.4 Å². The van der Waals surface area contributed by atoms with E-state index < -0.39 is 0 Å². The maximum atomic E-state index is 13.5. The van der Waals surface area contributed by atoms with Crippen molar-refractivity contribution in [3.8, 4) is 0 Å². The van der Waals surface area contributed by atoms with E-state index in [1.54, 1.807) is 17.4 Å². The van der Waals surface area contributed by atoms with Gasteiger partial charge in [-0.3, -0.25) is 0 Å². The Morgan fingerprint density at radius 1 is 1.35 bits per heavy atom. The zero-order valence-corrected chi connectivity index (χ0v) is 15.5. The Labute approximate surface area is 143 Å². The van der Waals surface area contributed by atoms with Crippen LogP contribution in [0, 0.1) is 5.82 Å². The number of likely N-dealkylation sites (N-methyl/N-ethyl adjacent to an activating group) is 1. The molecule has 0 spiro atoms. The van der Waals surface area contributed by atoms with E-state index in [-0.39, 0.29) is 16.9 Å². The second kappa shape index (κ2) is 7.36. The van der Waals surface area contributed by atoms with E-state index in [0.717, 1.165) is 26.8 Å². The van der Waals surface area contributed by atoms with Gasteiger partial charge in [0.2, 0.25) is 0 Å². The molecule has 1 nitrogen and oxygen atoms in total. The summed E-state index contributed by atoms with van der Waals surface area (Å²) in [5.41, 5.74) is 0.929. The highest BCUT2D eigenvalue weighted by atomic mass is 79.9. The Kier molecular flexibility index (Phi) is 6.05. The number of hydrogen-bond acceptors (Lipinski definition) is 2. The molecule has 1 heterocycles. The van der Waals surface area contributed by atoms with E-state index in [9.17, 15) is 4.39 Å². The molecule has 2 rings (SSSR count). The molecular weight excluding hydrogens is 428 g/mol. The average molecular weight is 442 g/mol. The number of nitrogens with one attached hydrogen (secondary N) is 1. The summed E-state index contributed by atoms with van der Waals surface area (Å²) in [7, 11) is 0. The second-order valence-corrected chi connectivity index (χ2v) is 8.00. The molecule has 0 radical (unpaired) electrons. The van der Waals surface area contributed by atoms with Crippen molar-refractivity contribution < 1.29 is 4.39 Å². The fourth-order valence-electron chi connectivity index (χ4n) is 1.96. The Morgan fingerprint density at radius 3 is 2.65 bits per heavy atom. The van der Waals surface area contributed by atoms with E-state index in [4.69, 9.17) is 11.6 Å². The number of rotatable bonds is 5. The molecule has 0 aliphatic carbocycles. The van der Waals surface area contributed by atoms with Gasteiger partial charge in [0.15, 0.2) is 0 Å². The number of benzene rings is 1. The van der Waals surface area contributed by atoms with Crippen LogP contribution >= 0.6 is 54.8 Å². The van der Waals surface area contributed by atoms with Crippen molar-refractivity contribution in [1.82, 2.24) is 5.32 Å². The maximum absolute atomic E-state index is 13.5. The van der Waals surface area contributed by atoms with Crippen LogP contribution in [0.25, 0.3) is 0 Å². The minimum absolute atomic E-state index is 0.160. The summed E-state index contributed by atoms with van der Waals surface area (Å²) in [6.45, 7) is 2.92. The lowest BCUT2D eigenvalue weighted by Gasteiger charge is -2.16. The summed E-state index contributed by atoms with van der Waals surface area (Å²) in [4.78, 5) is 1.21. The van der Waals surface area contributed by atoms with Crippen molar-refractivity contribution in [2.75, 3.05) is 6.54 Å². The first kappa shape index (κ1) is 16.4. The third-order valence-corrected chi connectivity index (χ3v) is 6.56. The predicted molar refractivity (Wildman–Crippen MR) is 91.3 cm³/mol. The molecule has 1 N–H and O–H groups in total. The molecule has 2 aromatic rings. The Hall–Kier alpha value is 0.0600. The Balaban J connectivity index is 2.22. The van der Waals surface area contributed by atoms with Crippen LogP contribution in [0.15, 0.2) is 32.5 Å². The molecule has 108 valence electrons. The van der Waals surface area contributed by atoms with Crippen LogP contribution in [0.3, 0.4) is 0 Å². The molecule has 0 fully saturated rings. The van der Waals surface area contributed by atoms with Gasteiger partial charge >= 0.3 is 0 Å². The third kappa shape index (κ3) is 4.04. The maximum Gasteiger partial charge on any atom is 0.142 e. The smallest absolute Gasteiger partial charge is 0.142 e. The van der Waals surface area contributed by atoms with Crippen LogP contribution in [-0.4, -0.2) is 6.54 Å². The Morgan fingerprint density at radius 2 is 2.10 bits per heavy atom. The first-order chi connectivity index (χ1) is 9.51. The molecule has 0 aliphatic heterocycles. The van der Waals surface area contributed by atoms with Gasteiger partial charge in [-0.25, -0.2) is 4.39 Å². The first-order valence-electron chi connectivity index (χ1n) is 6.13. The minimum atomic E-state index is -0.368. The van der Waals surface area contributed by atoms with Crippen LogP contribution in [-0.2, 0) is 6.42 Å². The van der Waals surface area contributed by atoms with Gasteiger partial charge in [0.1, 0.15) is 5.82 Å². The summed E-state index contributed by atoms with van der Waals surface area (Å²) < 4.78 is 15.6. The molecule has 1 aromatic carbocycles. The molecule has 0 saturated carbocycles. The molecule has 0 aliphatic rings. The molecule has 20 heavy (non-hydrogen) atoms. The van der Waals surface area contributed by atoms with Crippen molar-refractivity contribution in [1.29, 1.82) is 0 Å². The normalized spacial score (nSPS) is 12.7. The number of thiophene rings is 1. The lowest BCUT2D eigenvalue weighted by atomic mass is 10.0. The summed E-state index contributed by atoms with van der Waals surface area (Å²) in [5, 5.41) is 3.60. The number of hydrogen-bond donors (Lipinski definition) is 1. The van der Waals surface area contributed by atoms with Gasteiger partial charge in [-0.2, -0.15) is 0 Å². The van der Waals surface area contributed by atoms with Gasteiger partial charge in [-0.1, -0.05) is 24.6 Å². The van der Waals surface area contributed by atoms with Gasteiger partial charge in [0.25, 0.3) is 0 Å². The largest absolute Gasteiger partial charge is 0.309 e. The summed E-state index contributed by atoms with van der Waals surface area (Å²) >= 11 is 14.4. The lowest BCUT2D eigenvalue weighted by Crippen LogP contribution is -2.22. The van der Waals surface area contributed by atoms with E-state index in [1.165, 1.54) is 10.9 Å². The van der Waals surface area contributed by atoms with Gasteiger partial charge in [-0.15, -0.1) is 11.3 Å². The highest BCUT2D eigenvalue weighted by molar-refractivity contribution is 9.13. The SMILES string of the molecule is CCNC(Cc1ccc(Cl)c(F)c1)c1cc(Br)c(Br)s1. The molecule has 6 heteroatoms. The summed E-state index contributed by atoms with van der Waals surface area (Å²) in [6, 6.07) is 7.23. The molecule has 1 atom stereocenters. The second-order valence-electron chi connectivity index (χ2n) is 4.33. The summed E-state index contributed by atoms with van der Waals surface area (Å²) in [5.74, 6) is -0.368. The van der Waals surface area contributed by atoms with Crippen molar-refractivity contribution in [3.63, 3.8) is 0 Å². The topological polar surface area (TPSA) is 12.0 Å². The zero-order chi connectivity index (χ0) is 14.7. The lowest BCUT2D eigenvalue weighted by molar-refractivity contribution is 0.554. The Bertz CT molecular complexity index is 583. The molecule has 0 bridgehead atoms. The minimum Gasteiger partial charge on any atom is -0.309 e. The third-order valence-electron chi connectivity index (χ3n) is 2.88. The van der Waals surface area contributed by atoms with Crippen molar-refractivity contribution in [2.45, 2.75) is 19.4 Å². The van der Waals surface area contributed by atoms with Gasteiger partial charge in [-0.05, 0) is 68.6 Å². The van der Waals surface area contributed by atoms with Gasteiger partial charge in [0, 0.05) is 15.4 Å². The first-order valence-corrected chi connectivity index (χ1v) is 8.91. The highest BCUT2D eigenvalue weighted by Crippen LogP contribution is 2.36. The molecule has 1 aromatic heterocycles. The van der Waals surface area contributed by atoms with E-state index >= 15 is 0 Å². The quantitative estimate of drug-likeness (QED) is 0.604. The van der Waals surface area contributed by atoms with Gasteiger partial charge in [0.05, 0.1) is 8.81 Å². The highest BCUT2D eigenvalue weighted by Gasteiger charge is 2.16. The van der Waals surface area contributed by atoms with Crippen LogP contribution in [0.2, 0.25) is 5.02 Å². The van der Waals surface area contributed by atoms with Crippen molar-refractivity contribution >= 4 is 54.8 Å². The predicted octanol–water partition coefficient (Wildman–Crippen LogP) is 5.96. The fraction of sp³-hybridized carbons (Fsp3) is 0.286. The van der Waals surface area contributed by atoms with Crippen LogP contribution in [0.4, 0.5) is 4.39 Å². The zero-order valence-electron chi connectivity index (χ0n) is 10.7.